The minimum Gasteiger partial charge on any atom is -0.382 e. The Balaban J connectivity index is 2.02. The molecule has 2 heterocycles. The van der Waals surface area contributed by atoms with Gasteiger partial charge in [0.25, 0.3) is 5.91 Å². The van der Waals surface area contributed by atoms with Gasteiger partial charge in [0.15, 0.2) is 11.5 Å². The molecule has 1 aromatic rings. The highest BCUT2D eigenvalue weighted by molar-refractivity contribution is 5.96. The molecule has 0 radical (unpaired) electrons. The van der Waals surface area contributed by atoms with E-state index in [2.05, 4.69) is 9.97 Å². The lowest BCUT2D eigenvalue weighted by Crippen LogP contribution is -2.49. The number of nitrogens with two attached hydrogens (primary N) is 1. The van der Waals surface area contributed by atoms with E-state index < -0.39 is 12.3 Å². The molecule has 2 N–H and O–H groups in total. The largest absolute Gasteiger partial charge is 0.382 e. The number of carbonyl (C=O) groups excluding carboxylic acids is 1. The summed E-state index contributed by atoms with van der Waals surface area (Å²) in [5.41, 5.74) is 5.69. The van der Waals surface area contributed by atoms with E-state index in [0.29, 0.717) is 13.0 Å². The maximum absolute atomic E-state index is 14.0. The first-order valence-corrected chi connectivity index (χ1v) is 6.64. The summed E-state index contributed by atoms with van der Waals surface area (Å²) in [4.78, 5) is 21.4. The molecule has 1 saturated heterocycles. The van der Waals surface area contributed by atoms with E-state index in [4.69, 9.17) is 10.5 Å². The van der Waals surface area contributed by atoms with Crippen LogP contribution in [0.1, 0.15) is 30.8 Å². The number of anilines is 1. The maximum atomic E-state index is 14.0. The Morgan fingerprint density at radius 3 is 2.80 bits per heavy atom. The lowest BCUT2D eigenvalue weighted by atomic mass is 10.1. The topological polar surface area (TPSA) is 81.3 Å². The summed E-state index contributed by atoms with van der Waals surface area (Å²) in [6, 6.07) is 0. The van der Waals surface area contributed by atoms with Gasteiger partial charge in [-0.25, -0.2) is 14.4 Å². The number of aromatic nitrogens is 2. The molecule has 0 unspecified atom stereocenters. The normalized spacial score (nSPS) is 23.1. The molecular formula is C13H19FN4O2. The summed E-state index contributed by atoms with van der Waals surface area (Å²) in [6.07, 6.45) is 1.57. The molecule has 1 aromatic heterocycles. The first-order valence-electron chi connectivity index (χ1n) is 6.64. The Morgan fingerprint density at radius 1 is 1.50 bits per heavy atom. The number of nitrogens with zero attached hydrogens (tertiary/aromatic N) is 3. The molecule has 0 spiro atoms. The number of piperidine rings is 1. The van der Waals surface area contributed by atoms with Gasteiger partial charge in [-0.2, -0.15) is 0 Å². The van der Waals surface area contributed by atoms with Gasteiger partial charge in [-0.1, -0.05) is 0 Å². The second-order valence-corrected chi connectivity index (χ2v) is 5.07. The summed E-state index contributed by atoms with van der Waals surface area (Å²) in [7, 11) is 0. The van der Waals surface area contributed by atoms with Gasteiger partial charge in [-0.05, 0) is 20.3 Å². The van der Waals surface area contributed by atoms with Crippen molar-refractivity contribution in [3.63, 3.8) is 0 Å². The fourth-order valence-electron chi connectivity index (χ4n) is 2.23. The number of hydrogen-bond acceptors (Lipinski definition) is 5. The van der Waals surface area contributed by atoms with Crippen LogP contribution in [0.25, 0.3) is 0 Å². The van der Waals surface area contributed by atoms with E-state index in [1.807, 2.05) is 13.8 Å². The second-order valence-electron chi connectivity index (χ2n) is 5.07. The molecule has 6 nitrogen and oxygen atoms in total. The van der Waals surface area contributed by atoms with Crippen molar-refractivity contribution in [2.24, 2.45) is 0 Å². The van der Waals surface area contributed by atoms with Crippen LogP contribution < -0.4 is 5.73 Å². The molecule has 0 saturated carbocycles. The third-order valence-corrected chi connectivity index (χ3v) is 3.15. The van der Waals surface area contributed by atoms with Crippen LogP contribution in [0.5, 0.6) is 0 Å². The van der Waals surface area contributed by atoms with Crippen LogP contribution >= 0.6 is 0 Å². The lowest BCUT2D eigenvalue weighted by Gasteiger charge is -2.35. The zero-order valence-electron chi connectivity index (χ0n) is 11.6. The van der Waals surface area contributed by atoms with Crippen molar-refractivity contribution >= 4 is 11.7 Å². The molecule has 2 rings (SSSR count). The number of ether oxygens (including phenoxy) is 1. The van der Waals surface area contributed by atoms with Crippen molar-refractivity contribution in [2.75, 3.05) is 18.8 Å². The summed E-state index contributed by atoms with van der Waals surface area (Å²) in [6.45, 7) is 4.15. The molecule has 1 aliphatic heterocycles. The highest BCUT2D eigenvalue weighted by Gasteiger charge is 2.34. The van der Waals surface area contributed by atoms with Gasteiger partial charge in [-0.15, -0.1) is 0 Å². The molecule has 0 aliphatic carbocycles. The Bertz CT molecular complexity index is 483. The van der Waals surface area contributed by atoms with Crippen LogP contribution in [0, 0.1) is 0 Å². The lowest BCUT2D eigenvalue weighted by molar-refractivity contribution is -0.0666. The van der Waals surface area contributed by atoms with Crippen LogP contribution in [-0.2, 0) is 4.74 Å². The average Bonchev–Trinajstić information content (AvgIpc) is 2.40. The Labute approximate surface area is 117 Å². The number of hydrogen-bond donors (Lipinski definition) is 1. The number of halogens is 1. The van der Waals surface area contributed by atoms with Crippen molar-refractivity contribution in [2.45, 2.75) is 38.6 Å². The van der Waals surface area contributed by atoms with Crippen LogP contribution in [0.15, 0.2) is 12.4 Å². The molecule has 1 amide bonds. The van der Waals surface area contributed by atoms with Gasteiger partial charge < -0.3 is 15.4 Å². The van der Waals surface area contributed by atoms with E-state index in [9.17, 15) is 9.18 Å². The number of rotatable bonds is 3. The number of amides is 1. The highest BCUT2D eigenvalue weighted by atomic mass is 19.1. The van der Waals surface area contributed by atoms with Crippen molar-refractivity contribution in [1.82, 2.24) is 14.9 Å². The van der Waals surface area contributed by atoms with E-state index in [1.54, 1.807) is 0 Å². The smallest absolute Gasteiger partial charge is 0.276 e. The van der Waals surface area contributed by atoms with Crippen LogP contribution in [-0.4, -0.2) is 52.2 Å². The number of alkyl halides is 1. The Kier molecular flexibility index (Phi) is 4.49. The minimum absolute atomic E-state index is 0.00770. The van der Waals surface area contributed by atoms with Gasteiger partial charge in [-0.3, -0.25) is 4.79 Å². The van der Waals surface area contributed by atoms with Crippen LogP contribution in [0.2, 0.25) is 0 Å². The fourth-order valence-corrected chi connectivity index (χ4v) is 2.23. The minimum atomic E-state index is -1.20. The molecule has 20 heavy (non-hydrogen) atoms. The van der Waals surface area contributed by atoms with Gasteiger partial charge in [0.05, 0.1) is 18.8 Å². The predicted molar refractivity (Wildman–Crippen MR) is 71.9 cm³/mol. The molecule has 0 bridgehead atoms. The van der Waals surface area contributed by atoms with Crippen LogP contribution in [0.3, 0.4) is 0 Å². The number of carbonyl (C=O) groups is 1. The number of likely N-dealkylation sites (tertiary alicyclic amines) is 1. The second kappa shape index (κ2) is 6.13. The molecule has 110 valence electrons. The van der Waals surface area contributed by atoms with E-state index in [0.717, 1.165) is 0 Å². The maximum Gasteiger partial charge on any atom is 0.276 e. The molecular weight excluding hydrogens is 263 g/mol. The van der Waals surface area contributed by atoms with Crippen molar-refractivity contribution in [3.8, 4) is 0 Å². The summed E-state index contributed by atoms with van der Waals surface area (Å²) in [5, 5.41) is 0. The quantitative estimate of drug-likeness (QED) is 0.895. The van der Waals surface area contributed by atoms with E-state index >= 15 is 0 Å². The third kappa shape index (κ3) is 3.22. The number of nitrogen functional groups attached to an aromatic ring is 1. The van der Waals surface area contributed by atoms with Crippen molar-refractivity contribution in [3.05, 3.63) is 18.1 Å². The summed E-state index contributed by atoms with van der Waals surface area (Å²) in [5.74, 6) is -0.324. The molecule has 2 atom stereocenters. The first-order chi connectivity index (χ1) is 9.49. The monoisotopic (exact) mass is 282 g/mol. The fraction of sp³-hybridized carbons (Fsp3) is 0.615. The van der Waals surface area contributed by atoms with Gasteiger partial charge in [0.2, 0.25) is 0 Å². The molecule has 1 fully saturated rings. The SMILES string of the molecule is CC(C)O[C@H]1CCN(C(=O)c2nccnc2N)C[C@H]1F. The van der Waals surface area contributed by atoms with E-state index in [1.165, 1.54) is 17.3 Å². The zero-order chi connectivity index (χ0) is 14.7. The van der Waals surface area contributed by atoms with Gasteiger partial charge >= 0.3 is 0 Å². The first kappa shape index (κ1) is 14.6. The van der Waals surface area contributed by atoms with Gasteiger partial charge in [0.1, 0.15) is 6.17 Å². The van der Waals surface area contributed by atoms with Crippen molar-refractivity contribution in [1.29, 1.82) is 0 Å². The predicted octanol–water partition coefficient (Wildman–Crippen LogP) is 1.04. The summed E-state index contributed by atoms with van der Waals surface area (Å²) >= 11 is 0. The third-order valence-electron chi connectivity index (χ3n) is 3.15. The average molecular weight is 282 g/mol. The standard InChI is InChI=1S/C13H19FN4O2/c1-8(2)20-10-3-6-18(7-9(10)14)13(19)11-12(15)17-5-4-16-11/h4-5,8-10H,3,6-7H2,1-2H3,(H2,15,17)/t9-,10+/m1/s1. The molecule has 7 heteroatoms. The summed E-state index contributed by atoms with van der Waals surface area (Å²) < 4.78 is 19.5. The molecule has 0 aromatic carbocycles. The Hall–Kier alpha value is -1.76. The Morgan fingerprint density at radius 2 is 2.20 bits per heavy atom. The highest BCUT2D eigenvalue weighted by Crippen LogP contribution is 2.20. The van der Waals surface area contributed by atoms with Gasteiger partial charge in [0, 0.05) is 18.9 Å². The van der Waals surface area contributed by atoms with E-state index in [-0.39, 0.29) is 30.1 Å². The van der Waals surface area contributed by atoms with Crippen LogP contribution in [0.4, 0.5) is 10.2 Å². The van der Waals surface area contributed by atoms with Crippen molar-refractivity contribution < 1.29 is 13.9 Å². The zero-order valence-corrected chi connectivity index (χ0v) is 11.6. The molecule has 1 aliphatic rings.